The van der Waals surface area contributed by atoms with E-state index in [1.54, 1.807) is 12.3 Å². The lowest BCUT2D eigenvalue weighted by molar-refractivity contribution is 0.0933. The van der Waals surface area contributed by atoms with Crippen molar-refractivity contribution in [1.29, 1.82) is 0 Å². The molecule has 0 bridgehead atoms. The lowest BCUT2D eigenvalue weighted by Crippen LogP contribution is -2.27. The van der Waals surface area contributed by atoms with Gasteiger partial charge in [-0.3, -0.25) is 9.78 Å². The van der Waals surface area contributed by atoms with Crippen molar-refractivity contribution in [3.8, 4) is 16.9 Å². The summed E-state index contributed by atoms with van der Waals surface area (Å²) in [6.45, 7) is 2.33. The van der Waals surface area contributed by atoms with Crippen LogP contribution in [-0.4, -0.2) is 17.5 Å². The zero-order chi connectivity index (χ0) is 22.9. The first-order valence-corrected chi connectivity index (χ1v) is 11.7. The van der Waals surface area contributed by atoms with Crippen LogP contribution in [0.25, 0.3) is 22.0 Å². The average molecular weight is 477 g/mol. The third-order valence-corrected chi connectivity index (χ3v) is 6.43. The van der Waals surface area contributed by atoms with Crippen molar-refractivity contribution in [1.82, 2.24) is 10.3 Å². The van der Waals surface area contributed by atoms with Gasteiger partial charge in [0.2, 0.25) is 0 Å². The van der Waals surface area contributed by atoms with Crippen molar-refractivity contribution in [3.05, 3.63) is 93.6 Å². The van der Waals surface area contributed by atoms with Gasteiger partial charge in [0, 0.05) is 27.2 Å². The van der Waals surface area contributed by atoms with E-state index in [-0.39, 0.29) is 11.9 Å². The average Bonchev–Trinajstić information content (AvgIpc) is 3.21. The molecule has 1 aliphatic carbocycles. The van der Waals surface area contributed by atoms with Crippen LogP contribution in [0.4, 0.5) is 0 Å². The zero-order valence-electron chi connectivity index (χ0n) is 18.1. The van der Waals surface area contributed by atoms with E-state index in [9.17, 15) is 4.79 Å². The predicted octanol–water partition coefficient (Wildman–Crippen LogP) is 7.02. The van der Waals surface area contributed by atoms with Gasteiger partial charge in [-0.25, -0.2) is 0 Å². The number of halogens is 2. The van der Waals surface area contributed by atoms with Crippen LogP contribution in [0.2, 0.25) is 10.0 Å². The molecule has 33 heavy (non-hydrogen) atoms. The fraction of sp³-hybridized carbons (Fsp3) is 0.185. The molecule has 3 aromatic carbocycles. The quantitative estimate of drug-likeness (QED) is 0.336. The molecule has 1 aliphatic rings. The molecule has 0 unspecified atom stereocenters. The Morgan fingerprint density at radius 1 is 1.09 bits per heavy atom. The Kier molecular flexibility index (Phi) is 5.96. The predicted molar refractivity (Wildman–Crippen MR) is 133 cm³/mol. The van der Waals surface area contributed by atoms with E-state index >= 15 is 0 Å². The maximum Gasteiger partial charge on any atom is 0.257 e. The third kappa shape index (κ3) is 4.17. The first kappa shape index (κ1) is 21.7. The minimum atomic E-state index is -0.189. The lowest BCUT2D eigenvalue weighted by Gasteiger charge is -2.18. The second kappa shape index (κ2) is 9.05. The Morgan fingerprint density at radius 2 is 1.88 bits per heavy atom. The molecule has 5 rings (SSSR count). The Balaban J connectivity index is 1.56. The van der Waals surface area contributed by atoms with Crippen LogP contribution in [0.3, 0.4) is 0 Å². The molecule has 1 aromatic heterocycles. The molecule has 0 fully saturated rings. The number of amides is 1. The molecule has 4 nitrogen and oxygen atoms in total. The van der Waals surface area contributed by atoms with Gasteiger partial charge >= 0.3 is 0 Å². The molecule has 166 valence electrons. The SMILES string of the molecule is CCOc1c(C(=O)N[C@H]2CCc3ccccc32)cnc2c(-c3cc(Cl)cc(Cl)c3)cccc12. The summed E-state index contributed by atoms with van der Waals surface area (Å²) in [6, 6.07) is 19.4. The van der Waals surface area contributed by atoms with Gasteiger partial charge in [0.05, 0.1) is 18.2 Å². The maximum atomic E-state index is 13.3. The molecule has 0 spiro atoms. The van der Waals surface area contributed by atoms with E-state index in [0.717, 1.165) is 34.9 Å². The van der Waals surface area contributed by atoms with E-state index in [2.05, 4.69) is 22.4 Å². The van der Waals surface area contributed by atoms with Crippen LogP contribution in [0.1, 0.15) is 40.9 Å². The van der Waals surface area contributed by atoms with Crippen molar-refractivity contribution in [3.63, 3.8) is 0 Å². The normalized spacial score (nSPS) is 14.8. The van der Waals surface area contributed by atoms with Gasteiger partial charge in [-0.2, -0.15) is 0 Å². The highest BCUT2D eigenvalue weighted by atomic mass is 35.5. The van der Waals surface area contributed by atoms with Crippen LogP contribution >= 0.6 is 23.2 Å². The van der Waals surface area contributed by atoms with E-state index in [1.807, 2.05) is 49.4 Å². The molecular weight excluding hydrogens is 455 g/mol. The maximum absolute atomic E-state index is 13.3. The zero-order valence-corrected chi connectivity index (χ0v) is 19.6. The molecule has 6 heteroatoms. The van der Waals surface area contributed by atoms with Gasteiger partial charge in [-0.05, 0) is 60.7 Å². The number of aryl methyl sites for hydroxylation is 1. The summed E-state index contributed by atoms with van der Waals surface area (Å²) in [6.07, 6.45) is 3.44. The number of carbonyl (C=O) groups excluding carboxylic acids is 1. The molecule has 0 aliphatic heterocycles. The van der Waals surface area contributed by atoms with Gasteiger partial charge in [-0.1, -0.05) is 59.6 Å². The number of nitrogens with one attached hydrogen (secondary N) is 1. The number of carbonyl (C=O) groups is 1. The van der Waals surface area contributed by atoms with Crippen molar-refractivity contribution in [2.24, 2.45) is 0 Å². The Hall–Kier alpha value is -3.08. The first-order chi connectivity index (χ1) is 16.0. The number of nitrogens with zero attached hydrogens (tertiary/aromatic N) is 1. The standard InChI is InChI=1S/C27H22Cl2N2O2/c1-2-33-26-22-9-5-8-21(17-12-18(28)14-19(29)13-17)25(22)30-15-23(26)27(32)31-24-11-10-16-6-3-4-7-20(16)24/h3-9,12-15,24H,2,10-11H2,1H3,(H,31,32)/t24-/m0/s1. The number of ether oxygens (including phenoxy) is 1. The second-order valence-electron chi connectivity index (χ2n) is 8.06. The molecular formula is C27H22Cl2N2O2. The smallest absolute Gasteiger partial charge is 0.257 e. The minimum absolute atomic E-state index is 0.0150. The van der Waals surface area contributed by atoms with E-state index in [4.69, 9.17) is 27.9 Å². The molecule has 1 heterocycles. The topological polar surface area (TPSA) is 51.2 Å². The van der Waals surface area contributed by atoms with Crippen LogP contribution in [0, 0.1) is 0 Å². The van der Waals surface area contributed by atoms with Crippen molar-refractivity contribution in [2.75, 3.05) is 6.61 Å². The highest BCUT2D eigenvalue weighted by Crippen LogP contribution is 2.37. The summed E-state index contributed by atoms with van der Waals surface area (Å²) in [5.41, 5.74) is 5.34. The largest absolute Gasteiger partial charge is 0.492 e. The summed E-state index contributed by atoms with van der Waals surface area (Å²) < 4.78 is 5.99. The fourth-order valence-electron chi connectivity index (χ4n) is 4.55. The highest BCUT2D eigenvalue weighted by molar-refractivity contribution is 6.35. The fourth-order valence-corrected chi connectivity index (χ4v) is 5.07. The van der Waals surface area contributed by atoms with Crippen LogP contribution in [-0.2, 0) is 6.42 Å². The van der Waals surface area contributed by atoms with Gasteiger partial charge < -0.3 is 10.1 Å². The van der Waals surface area contributed by atoms with Gasteiger partial charge in [0.15, 0.2) is 0 Å². The minimum Gasteiger partial charge on any atom is -0.492 e. The van der Waals surface area contributed by atoms with Gasteiger partial charge in [-0.15, -0.1) is 0 Å². The molecule has 0 saturated carbocycles. The number of rotatable bonds is 5. The van der Waals surface area contributed by atoms with Gasteiger partial charge in [0.1, 0.15) is 11.3 Å². The van der Waals surface area contributed by atoms with Crippen LogP contribution in [0.15, 0.2) is 66.9 Å². The summed E-state index contributed by atoms with van der Waals surface area (Å²) in [5, 5.41) is 5.05. The van der Waals surface area contributed by atoms with Crippen LogP contribution < -0.4 is 10.1 Å². The van der Waals surface area contributed by atoms with Crippen molar-refractivity contribution >= 4 is 40.0 Å². The third-order valence-electron chi connectivity index (χ3n) is 5.99. The first-order valence-electron chi connectivity index (χ1n) is 10.9. The van der Waals surface area contributed by atoms with E-state index in [0.29, 0.717) is 28.0 Å². The highest BCUT2D eigenvalue weighted by Gasteiger charge is 2.26. The number of fused-ring (bicyclic) bond motifs is 2. The summed E-state index contributed by atoms with van der Waals surface area (Å²) in [5.74, 6) is 0.340. The molecule has 4 aromatic rings. The number of hydrogen-bond acceptors (Lipinski definition) is 3. The summed E-state index contributed by atoms with van der Waals surface area (Å²) >= 11 is 12.5. The number of aromatic nitrogens is 1. The number of hydrogen-bond donors (Lipinski definition) is 1. The Labute approximate surface area is 202 Å². The summed E-state index contributed by atoms with van der Waals surface area (Å²) in [4.78, 5) is 18.0. The molecule has 0 saturated heterocycles. The Morgan fingerprint density at radius 3 is 2.67 bits per heavy atom. The number of pyridine rings is 1. The van der Waals surface area contributed by atoms with Crippen molar-refractivity contribution < 1.29 is 9.53 Å². The summed E-state index contributed by atoms with van der Waals surface area (Å²) in [7, 11) is 0. The van der Waals surface area contributed by atoms with Gasteiger partial charge in [0.25, 0.3) is 5.91 Å². The lowest BCUT2D eigenvalue weighted by atomic mass is 10.00. The number of benzene rings is 3. The monoisotopic (exact) mass is 476 g/mol. The second-order valence-corrected chi connectivity index (χ2v) is 8.93. The molecule has 1 atom stereocenters. The van der Waals surface area contributed by atoms with Crippen molar-refractivity contribution in [2.45, 2.75) is 25.8 Å². The molecule has 1 N–H and O–H groups in total. The van der Waals surface area contributed by atoms with Crippen LogP contribution in [0.5, 0.6) is 5.75 Å². The molecule has 1 amide bonds. The number of para-hydroxylation sites is 1. The van der Waals surface area contributed by atoms with E-state index in [1.165, 1.54) is 11.1 Å². The van der Waals surface area contributed by atoms with E-state index < -0.39 is 0 Å². The Bertz CT molecular complexity index is 1350. The molecule has 0 radical (unpaired) electrons.